The first-order valence-electron chi connectivity index (χ1n) is 11.2. The molecule has 1 saturated heterocycles. The van der Waals surface area contributed by atoms with E-state index in [1.807, 2.05) is 35.0 Å². The molecule has 0 spiro atoms. The van der Waals surface area contributed by atoms with Crippen LogP contribution in [-0.4, -0.2) is 54.3 Å². The molecule has 0 atom stereocenters. The summed E-state index contributed by atoms with van der Waals surface area (Å²) in [5.41, 5.74) is 1.96. The summed E-state index contributed by atoms with van der Waals surface area (Å²) in [6.07, 6.45) is 8.63. The fourth-order valence-electron chi connectivity index (χ4n) is 4.53. The number of benzene rings is 1. The Morgan fingerprint density at radius 1 is 1.23 bits per heavy atom. The van der Waals surface area contributed by atoms with Gasteiger partial charge < -0.3 is 14.5 Å². The highest BCUT2D eigenvalue weighted by Gasteiger charge is 2.29. The van der Waals surface area contributed by atoms with Crippen LogP contribution in [0.2, 0.25) is 0 Å². The second-order valence-electron chi connectivity index (χ2n) is 8.71. The van der Waals surface area contributed by atoms with Crippen LogP contribution in [0.25, 0.3) is 0 Å². The van der Waals surface area contributed by atoms with Crippen molar-refractivity contribution >= 4 is 23.5 Å². The van der Waals surface area contributed by atoms with Gasteiger partial charge in [-0.2, -0.15) is 0 Å². The van der Waals surface area contributed by atoms with E-state index >= 15 is 0 Å². The number of ether oxygens (including phenoxy) is 1. The Morgan fingerprint density at radius 3 is 2.90 bits per heavy atom. The van der Waals surface area contributed by atoms with E-state index in [0.29, 0.717) is 38.0 Å². The zero-order valence-corrected chi connectivity index (χ0v) is 17.9. The largest absolute Gasteiger partial charge is 0.494 e. The third-order valence-corrected chi connectivity index (χ3v) is 6.27. The first-order chi connectivity index (χ1) is 14.6. The minimum Gasteiger partial charge on any atom is -0.494 e. The number of hydrogen-bond acceptors (Lipinski definition) is 5. The highest BCUT2D eigenvalue weighted by molar-refractivity contribution is 6.05. The maximum absolute atomic E-state index is 12.3. The number of carbonyl (C=O) groups is 2. The maximum Gasteiger partial charge on any atom is 0.246 e. The number of nitrogens with zero attached hydrogens (tertiary/aromatic N) is 3. The fourth-order valence-corrected chi connectivity index (χ4v) is 4.53. The van der Waals surface area contributed by atoms with Crippen molar-refractivity contribution in [1.82, 2.24) is 15.1 Å². The number of rotatable bonds is 9. The zero-order chi connectivity index (χ0) is 20.9. The van der Waals surface area contributed by atoms with E-state index < -0.39 is 0 Å². The quantitative estimate of drug-likeness (QED) is 0.632. The molecule has 0 bridgehead atoms. The van der Waals surface area contributed by atoms with E-state index in [-0.39, 0.29) is 11.8 Å². The van der Waals surface area contributed by atoms with Gasteiger partial charge in [0.15, 0.2) is 0 Å². The van der Waals surface area contributed by atoms with Crippen molar-refractivity contribution in [3.8, 4) is 5.75 Å². The van der Waals surface area contributed by atoms with Crippen LogP contribution >= 0.6 is 0 Å². The predicted octanol–water partition coefficient (Wildman–Crippen LogP) is 3.21. The van der Waals surface area contributed by atoms with E-state index in [0.717, 1.165) is 42.8 Å². The first-order valence-corrected chi connectivity index (χ1v) is 11.2. The van der Waals surface area contributed by atoms with Crippen LogP contribution in [0.15, 0.2) is 23.2 Å². The monoisotopic (exact) mass is 412 g/mol. The van der Waals surface area contributed by atoms with Crippen LogP contribution in [0, 0.1) is 5.92 Å². The molecule has 2 heterocycles. The van der Waals surface area contributed by atoms with Gasteiger partial charge in [0.2, 0.25) is 17.8 Å². The number of guanidine groups is 1. The minimum absolute atomic E-state index is 0.0127. The summed E-state index contributed by atoms with van der Waals surface area (Å²) < 4.78 is 5.88. The lowest BCUT2D eigenvalue weighted by atomic mass is 10.1. The number of unbranched alkanes of at least 4 members (excludes halogenated alkanes) is 2. The molecule has 7 heteroatoms. The number of nitrogens with one attached hydrogen (secondary N) is 1. The molecule has 0 radical (unpaired) electrons. The van der Waals surface area contributed by atoms with Gasteiger partial charge in [-0.3, -0.25) is 14.9 Å². The summed E-state index contributed by atoms with van der Waals surface area (Å²) in [5, 5.41) is 2.78. The second-order valence-corrected chi connectivity index (χ2v) is 8.71. The number of aliphatic imine (C=N–C) groups is 1. The molecule has 3 aliphatic rings. The SMILES string of the molecule is CN(CC1CCCC1)C(=O)CCCCCOc1ccc2c(c1)N=C1NC(=O)CN1C2. The van der Waals surface area contributed by atoms with Gasteiger partial charge in [0, 0.05) is 32.6 Å². The first kappa shape index (κ1) is 20.7. The molecule has 0 aromatic heterocycles. The Bertz CT molecular complexity index is 817. The number of amides is 2. The predicted molar refractivity (Wildman–Crippen MR) is 116 cm³/mol. The summed E-state index contributed by atoms with van der Waals surface area (Å²) in [7, 11) is 1.94. The minimum atomic E-state index is -0.0127. The highest BCUT2D eigenvalue weighted by atomic mass is 16.5. The number of fused-ring (bicyclic) bond motifs is 2. The molecule has 4 rings (SSSR count). The van der Waals surface area contributed by atoms with Gasteiger partial charge in [0.1, 0.15) is 12.3 Å². The van der Waals surface area contributed by atoms with Crippen molar-refractivity contribution in [1.29, 1.82) is 0 Å². The fraction of sp³-hybridized carbons (Fsp3) is 0.609. The van der Waals surface area contributed by atoms with Crippen LogP contribution < -0.4 is 10.1 Å². The molecule has 7 nitrogen and oxygen atoms in total. The average Bonchev–Trinajstić information content (AvgIpc) is 3.36. The van der Waals surface area contributed by atoms with Gasteiger partial charge >= 0.3 is 0 Å². The molecule has 2 aliphatic heterocycles. The van der Waals surface area contributed by atoms with E-state index in [2.05, 4.69) is 10.3 Å². The van der Waals surface area contributed by atoms with Gasteiger partial charge in [0.05, 0.1) is 12.3 Å². The van der Waals surface area contributed by atoms with Crippen molar-refractivity contribution in [2.75, 3.05) is 26.7 Å². The molecular formula is C23H32N4O3. The van der Waals surface area contributed by atoms with Crippen LogP contribution in [0.5, 0.6) is 5.75 Å². The molecule has 2 fully saturated rings. The maximum atomic E-state index is 12.3. The molecule has 162 valence electrons. The molecular weight excluding hydrogens is 380 g/mol. The van der Waals surface area contributed by atoms with Gasteiger partial charge in [-0.15, -0.1) is 0 Å². The van der Waals surface area contributed by atoms with Crippen LogP contribution in [0.1, 0.15) is 56.9 Å². The van der Waals surface area contributed by atoms with Crippen LogP contribution in [0.4, 0.5) is 5.69 Å². The molecule has 1 aromatic carbocycles. The molecule has 1 N–H and O–H groups in total. The summed E-state index contributed by atoms with van der Waals surface area (Å²) in [6.45, 7) is 2.61. The molecule has 1 aromatic rings. The Morgan fingerprint density at radius 2 is 2.07 bits per heavy atom. The lowest BCUT2D eigenvalue weighted by Gasteiger charge is -2.23. The summed E-state index contributed by atoms with van der Waals surface area (Å²) >= 11 is 0. The second kappa shape index (κ2) is 9.49. The average molecular weight is 413 g/mol. The zero-order valence-electron chi connectivity index (χ0n) is 17.9. The van der Waals surface area contributed by atoms with Crippen molar-refractivity contribution < 1.29 is 14.3 Å². The number of carbonyl (C=O) groups excluding carboxylic acids is 2. The van der Waals surface area contributed by atoms with Gasteiger partial charge in [-0.25, -0.2) is 4.99 Å². The molecule has 2 amide bonds. The molecule has 0 unspecified atom stereocenters. The normalized spacial score (nSPS) is 18.0. The lowest BCUT2D eigenvalue weighted by Crippen LogP contribution is -2.31. The number of hydrogen-bond donors (Lipinski definition) is 1. The van der Waals surface area contributed by atoms with Crippen LogP contribution in [0.3, 0.4) is 0 Å². The lowest BCUT2D eigenvalue weighted by molar-refractivity contribution is -0.130. The van der Waals surface area contributed by atoms with Crippen molar-refractivity contribution in [3.63, 3.8) is 0 Å². The van der Waals surface area contributed by atoms with Crippen molar-refractivity contribution in [2.24, 2.45) is 10.9 Å². The highest BCUT2D eigenvalue weighted by Crippen LogP contribution is 2.31. The summed E-state index contributed by atoms with van der Waals surface area (Å²) in [4.78, 5) is 32.2. The Hall–Kier alpha value is -2.57. The van der Waals surface area contributed by atoms with E-state index in [4.69, 9.17) is 4.74 Å². The van der Waals surface area contributed by atoms with Gasteiger partial charge in [-0.05, 0) is 49.7 Å². The van der Waals surface area contributed by atoms with E-state index in [1.54, 1.807) is 0 Å². The smallest absolute Gasteiger partial charge is 0.246 e. The van der Waals surface area contributed by atoms with Gasteiger partial charge in [0.25, 0.3) is 0 Å². The molecule has 1 aliphatic carbocycles. The third kappa shape index (κ3) is 5.12. The van der Waals surface area contributed by atoms with Crippen molar-refractivity contribution in [3.05, 3.63) is 23.8 Å². The molecule has 1 saturated carbocycles. The van der Waals surface area contributed by atoms with Gasteiger partial charge in [-0.1, -0.05) is 18.9 Å². The third-order valence-electron chi connectivity index (χ3n) is 6.27. The summed E-state index contributed by atoms with van der Waals surface area (Å²) in [5.74, 6) is 2.39. The molecule has 30 heavy (non-hydrogen) atoms. The topological polar surface area (TPSA) is 74.2 Å². The Kier molecular flexibility index (Phi) is 6.55. The van der Waals surface area contributed by atoms with Crippen LogP contribution in [-0.2, 0) is 16.1 Å². The Labute approximate surface area is 178 Å². The van der Waals surface area contributed by atoms with E-state index in [1.165, 1.54) is 25.7 Å². The van der Waals surface area contributed by atoms with E-state index in [9.17, 15) is 9.59 Å². The Balaban J connectivity index is 1.14. The summed E-state index contributed by atoms with van der Waals surface area (Å²) in [6, 6.07) is 5.92. The van der Waals surface area contributed by atoms with Crippen molar-refractivity contribution in [2.45, 2.75) is 57.9 Å². The standard InChI is InChI=1S/C23H32N4O3/c1-26(14-17-7-4-5-8-17)22(29)9-3-2-6-12-30-19-11-10-18-15-27-16-21(28)25-23(27)24-20(18)13-19/h10-11,13,17H,2-9,12,14-16H2,1H3,(H,24,25,28).